The summed E-state index contributed by atoms with van der Waals surface area (Å²) in [5, 5.41) is 4.50. The Morgan fingerprint density at radius 2 is 1.77 bits per heavy atom. The van der Waals surface area contributed by atoms with Crippen LogP contribution in [0.2, 0.25) is 10.0 Å². The fourth-order valence-electron chi connectivity index (χ4n) is 3.71. The molecule has 30 heavy (non-hydrogen) atoms. The summed E-state index contributed by atoms with van der Waals surface area (Å²) in [7, 11) is 1.80. The van der Waals surface area contributed by atoms with Gasteiger partial charge in [-0.1, -0.05) is 29.3 Å². The number of benzene rings is 2. The van der Waals surface area contributed by atoms with Crippen molar-refractivity contribution >= 4 is 68.1 Å². The first-order chi connectivity index (χ1) is 14.4. The molecule has 2 aromatic heterocycles. The molecule has 0 aliphatic heterocycles. The summed E-state index contributed by atoms with van der Waals surface area (Å²) in [5.41, 5.74) is 2.80. The highest BCUT2D eigenvalue weighted by Gasteiger charge is 2.19. The third kappa shape index (κ3) is 2.98. The van der Waals surface area contributed by atoms with Crippen LogP contribution in [0.1, 0.15) is 18.7 Å². The lowest BCUT2D eigenvalue weighted by Gasteiger charge is -2.10. The fraction of sp³-hybridized carbons (Fsp3) is 0.143. The number of allylic oxidation sites excluding steroid dienone is 2. The molecular weight excluding hydrogens is 425 g/mol. The Bertz CT molecular complexity index is 1430. The lowest BCUT2D eigenvalue weighted by atomic mass is 10.1. The normalized spacial score (nSPS) is 14.0. The van der Waals surface area contributed by atoms with Gasteiger partial charge in [-0.15, -0.1) is 0 Å². The van der Waals surface area contributed by atoms with E-state index in [0.29, 0.717) is 62.3 Å². The smallest absolute Gasteiger partial charge is 0.261 e. The third-order valence-electron chi connectivity index (χ3n) is 5.19. The van der Waals surface area contributed by atoms with Crippen LogP contribution in [-0.4, -0.2) is 25.3 Å². The van der Waals surface area contributed by atoms with Gasteiger partial charge in [0.1, 0.15) is 5.82 Å². The van der Waals surface area contributed by atoms with Gasteiger partial charge in [-0.3, -0.25) is 9.59 Å². The summed E-state index contributed by atoms with van der Waals surface area (Å²) in [6.45, 7) is 0. The van der Waals surface area contributed by atoms with Gasteiger partial charge in [0.15, 0.2) is 5.78 Å². The largest absolute Gasteiger partial charge is 0.323 e. The Labute approximate surface area is 180 Å². The minimum Gasteiger partial charge on any atom is -0.323 e. The second kappa shape index (κ2) is 6.97. The van der Waals surface area contributed by atoms with Gasteiger partial charge in [0.05, 0.1) is 37.7 Å². The zero-order chi connectivity index (χ0) is 21.0. The minimum atomic E-state index is -0.286. The number of nitrogens with one attached hydrogen (secondary N) is 2. The number of nitrogens with zero attached hydrogens (tertiary/aromatic N) is 3. The minimum absolute atomic E-state index is 0.0452. The van der Waals surface area contributed by atoms with E-state index in [1.807, 2.05) is 6.07 Å². The summed E-state index contributed by atoms with van der Waals surface area (Å²) in [6, 6.07) is 8.78. The fourth-order valence-corrected chi connectivity index (χ4v) is 4.20. The zero-order valence-corrected chi connectivity index (χ0v) is 17.3. The van der Waals surface area contributed by atoms with Gasteiger partial charge in [0, 0.05) is 13.5 Å². The molecule has 1 aliphatic carbocycles. The molecule has 0 spiro atoms. The first-order valence-electron chi connectivity index (χ1n) is 9.26. The number of para-hydroxylation sites is 1. The number of rotatable bonds is 3. The molecule has 0 atom stereocenters. The van der Waals surface area contributed by atoms with E-state index in [-0.39, 0.29) is 11.3 Å². The average molecular weight is 440 g/mol. The van der Waals surface area contributed by atoms with E-state index in [1.165, 1.54) is 0 Å². The van der Waals surface area contributed by atoms with Crippen molar-refractivity contribution in [1.29, 1.82) is 0 Å². The monoisotopic (exact) mass is 439 g/mol. The Hall–Kier alpha value is -3.16. The predicted octanol–water partition coefficient (Wildman–Crippen LogP) is 4.61. The van der Waals surface area contributed by atoms with Crippen LogP contribution in [0.25, 0.3) is 27.5 Å². The van der Waals surface area contributed by atoms with Crippen LogP contribution < -0.4 is 10.9 Å². The maximum Gasteiger partial charge on any atom is 0.261 e. The molecule has 2 aromatic carbocycles. The topological polar surface area (TPSA) is 92.7 Å². The van der Waals surface area contributed by atoms with Crippen molar-refractivity contribution in [2.75, 3.05) is 5.32 Å². The van der Waals surface area contributed by atoms with Crippen molar-refractivity contribution in [1.82, 2.24) is 19.5 Å². The standard InChI is InChI=1S/C21H15Cl2N5O2/c1-28-18-15(25-21(28)26-17-12(22)3-2-4-13(17)23)8-7-14-16(18)20(30)27-19(24-14)10-5-6-11(29)9-10/h2-4,7-9H,5-6H2,1H3,(H,25,26)(H,24,27,30). The maximum absolute atomic E-state index is 13.0. The molecule has 150 valence electrons. The lowest BCUT2D eigenvalue weighted by molar-refractivity contribution is -0.114. The number of hydrogen-bond donors (Lipinski definition) is 2. The summed E-state index contributed by atoms with van der Waals surface area (Å²) in [5.74, 6) is 0.963. The summed E-state index contributed by atoms with van der Waals surface area (Å²) >= 11 is 12.5. The molecule has 2 N–H and O–H groups in total. The van der Waals surface area contributed by atoms with Crippen molar-refractivity contribution in [2.45, 2.75) is 12.8 Å². The van der Waals surface area contributed by atoms with E-state index in [2.05, 4.69) is 20.3 Å². The van der Waals surface area contributed by atoms with Gasteiger partial charge >= 0.3 is 0 Å². The van der Waals surface area contributed by atoms with E-state index in [0.717, 1.165) is 5.57 Å². The Balaban J connectivity index is 1.68. The highest BCUT2D eigenvalue weighted by molar-refractivity contribution is 6.39. The van der Waals surface area contributed by atoms with Gasteiger partial charge in [-0.05, 0) is 42.3 Å². The Kier molecular flexibility index (Phi) is 4.38. The van der Waals surface area contributed by atoms with Gasteiger partial charge in [-0.25, -0.2) is 9.97 Å². The number of ketones is 1. The number of imidazole rings is 1. The highest BCUT2D eigenvalue weighted by Crippen LogP contribution is 2.34. The Morgan fingerprint density at radius 3 is 2.47 bits per heavy atom. The van der Waals surface area contributed by atoms with Crippen LogP contribution >= 0.6 is 23.2 Å². The number of aromatic nitrogens is 4. The molecule has 0 saturated heterocycles. The Morgan fingerprint density at radius 1 is 1.03 bits per heavy atom. The summed E-state index contributed by atoms with van der Waals surface area (Å²) in [6.07, 6.45) is 2.56. The van der Waals surface area contributed by atoms with Crippen LogP contribution in [0.4, 0.5) is 11.6 Å². The molecule has 7 nitrogen and oxygen atoms in total. The first kappa shape index (κ1) is 18.8. The lowest BCUT2D eigenvalue weighted by Crippen LogP contribution is -2.12. The van der Waals surface area contributed by atoms with Crippen LogP contribution in [0.3, 0.4) is 0 Å². The van der Waals surface area contributed by atoms with Crippen molar-refractivity contribution in [3.05, 3.63) is 62.6 Å². The number of halogens is 2. The number of carbonyl (C=O) groups excluding carboxylic acids is 1. The van der Waals surface area contributed by atoms with Crippen LogP contribution in [0, 0.1) is 0 Å². The van der Waals surface area contributed by atoms with Crippen molar-refractivity contribution in [2.24, 2.45) is 7.05 Å². The summed E-state index contributed by atoms with van der Waals surface area (Å²) < 4.78 is 1.77. The van der Waals surface area contributed by atoms with Crippen molar-refractivity contribution in [3.63, 3.8) is 0 Å². The maximum atomic E-state index is 13.0. The van der Waals surface area contributed by atoms with E-state index < -0.39 is 0 Å². The molecule has 0 unspecified atom stereocenters. The number of hydrogen-bond acceptors (Lipinski definition) is 5. The van der Waals surface area contributed by atoms with Gasteiger partial charge < -0.3 is 14.9 Å². The van der Waals surface area contributed by atoms with Crippen LogP contribution in [-0.2, 0) is 11.8 Å². The first-order valence-corrected chi connectivity index (χ1v) is 10.0. The molecule has 0 amide bonds. The number of H-pyrrole nitrogens is 1. The second-order valence-electron chi connectivity index (χ2n) is 7.09. The number of aryl methyl sites for hydroxylation is 1. The number of aromatic amines is 1. The second-order valence-corrected chi connectivity index (χ2v) is 7.91. The molecule has 5 rings (SSSR count). The highest BCUT2D eigenvalue weighted by atomic mass is 35.5. The molecule has 4 aromatic rings. The molecular formula is C21H15Cl2N5O2. The molecule has 2 heterocycles. The molecule has 0 bridgehead atoms. The van der Waals surface area contributed by atoms with E-state index in [1.54, 1.807) is 42.0 Å². The van der Waals surface area contributed by atoms with E-state index in [4.69, 9.17) is 23.2 Å². The van der Waals surface area contributed by atoms with Crippen molar-refractivity contribution in [3.8, 4) is 0 Å². The van der Waals surface area contributed by atoms with E-state index in [9.17, 15) is 9.59 Å². The SMILES string of the molecule is Cn1c(Nc2c(Cl)cccc2Cl)nc2ccc3nc(C4=CC(=O)CC4)[nH]c(=O)c3c21. The summed E-state index contributed by atoms with van der Waals surface area (Å²) in [4.78, 5) is 36.5. The van der Waals surface area contributed by atoms with Gasteiger partial charge in [0.25, 0.3) is 5.56 Å². The quantitative estimate of drug-likeness (QED) is 0.486. The number of anilines is 2. The molecule has 0 fully saturated rings. The molecule has 0 saturated carbocycles. The van der Waals surface area contributed by atoms with Crippen molar-refractivity contribution < 1.29 is 4.79 Å². The van der Waals surface area contributed by atoms with Crippen LogP contribution in [0.5, 0.6) is 0 Å². The molecule has 1 aliphatic rings. The molecule has 0 radical (unpaired) electrons. The predicted molar refractivity (Wildman–Crippen MR) is 119 cm³/mol. The van der Waals surface area contributed by atoms with Gasteiger partial charge in [-0.2, -0.15) is 0 Å². The van der Waals surface area contributed by atoms with Crippen LogP contribution in [0.15, 0.2) is 41.2 Å². The average Bonchev–Trinajstić information content (AvgIpc) is 3.28. The number of carbonyl (C=O) groups is 1. The molecule has 9 heteroatoms. The third-order valence-corrected chi connectivity index (χ3v) is 5.81. The van der Waals surface area contributed by atoms with Gasteiger partial charge in [0.2, 0.25) is 5.95 Å². The zero-order valence-electron chi connectivity index (χ0n) is 15.8. The number of fused-ring (bicyclic) bond motifs is 3. The van der Waals surface area contributed by atoms with E-state index >= 15 is 0 Å².